The number of aromatic hydroxyl groups is 1. The van der Waals surface area contributed by atoms with E-state index in [1.807, 2.05) is 26.8 Å². The number of carbonyl (C=O) groups excluding carboxylic acids is 2. The number of pyridine rings is 1. The molecule has 2 heterocycles. The van der Waals surface area contributed by atoms with Gasteiger partial charge < -0.3 is 24.5 Å². The van der Waals surface area contributed by atoms with Gasteiger partial charge in [-0.2, -0.15) is 4.99 Å². The fourth-order valence-corrected chi connectivity index (χ4v) is 5.43. The number of amidine groups is 1. The molecule has 1 fully saturated rings. The average molecular weight is 592 g/mol. The molecule has 1 N–H and O–H groups in total. The molecule has 2 amide bonds. The third kappa shape index (κ3) is 5.93. The summed E-state index contributed by atoms with van der Waals surface area (Å²) in [6, 6.07) is 6.98. The van der Waals surface area contributed by atoms with Gasteiger partial charge >= 0.3 is 0 Å². The lowest BCUT2D eigenvalue weighted by Gasteiger charge is -2.37. The van der Waals surface area contributed by atoms with Gasteiger partial charge in [0.15, 0.2) is 11.6 Å². The van der Waals surface area contributed by atoms with Crippen LogP contribution in [0.4, 0.5) is 20.2 Å². The van der Waals surface area contributed by atoms with Gasteiger partial charge in [-0.1, -0.05) is 26.5 Å². The Hall–Kier alpha value is -4.80. The molecule has 1 aromatic heterocycles. The summed E-state index contributed by atoms with van der Waals surface area (Å²) in [7, 11) is 3.03. The SMILES string of the molecule is C=CC(=O)N1CCN(C(=NC=O)c2c(N(C)c3c(C)ccnc3C(C)C)cc(-c3c(O)cccc3F)c(F)c2OC)CC1. The molecule has 9 nitrogen and oxygen atoms in total. The summed E-state index contributed by atoms with van der Waals surface area (Å²) in [5.41, 5.74) is 2.26. The number of anilines is 2. The smallest absolute Gasteiger partial charge is 0.246 e. The Morgan fingerprint density at radius 2 is 1.86 bits per heavy atom. The van der Waals surface area contributed by atoms with Crippen LogP contribution in [0.25, 0.3) is 11.1 Å². The highest BCUT2D eigenvalue weighted by molar-refractivity contribution is 6.10. The summed E-state index contributed by atoms with van der Waals surface area (Å²) in [6.07, 6.45) is 3.31. The molecule has 0 atom stereocenters. The number of carbonyl (C=O) groups is 2. The van der Waals surface area contributed by atoms with Crippen LogP contribution in [0.2, 0.25) is 0 Å². The highest BCUT2D eigenvalue weighted by atomic mass is 19.1. The van der Waals surface area contributed by atoms with Crippen molar-refractivity contribution in [2.24, 2.45) is 4.99 Å². The third-order valence-electron chi connectivity index (χ3n) is 7.53. The summed E-state index contributed by atoms with van der Waals surface area (Å²) < 4.78 is 37.2. The lowest BCUT2D eigenvalue weighted by molar-refractivity contribution is -0.127. The van der Waals surface area contributed by atoms with Crippen LogP contribution < -0.4 is 9.64 Å². The molecule has 3 aromatic rings. The zero-order valence-corrected chi connectivity index (χ0v) is 24.9. The molecule has 43 heavy (non-hydrogen) atoms. The second kappa shape index (κ2) is 13.0. The minimum absolute atomic E-state index is 0.0109. The minimum Gasteiger partial charge on any atom is -0.507 e. The highest BCUT2D eigenvalue weighted by Crippen LogP contribution is 2.45. The number of benzene rings is 2. The molecule has 11 heteroatoms. The van der Waals surface area contributed by atoms with E-state index in [1.54, 1.807) is 27.9 Å². The zero-order valence-electron chi connectivity index (χ0n) is 24.9. The van der Waals surface area contributed by atoms with Crippen molar-refractivity contribution < 1.29 is 28.2 Å². The first kappa shape index (κ1) is 31.1. The number of phenols is 1. The predicted octanol–water partition coefficient (Wildman–Crippen LogP) is 5.17. The quantitative estimate of drug-likeness (QED) is 0.167. The van der Waals surface area contributed by atoms with E-state index < -0.39 is 17.4 Å². The van der Waals surface area contributed by atoms with Crippen molar-refractivity contribution in [1.29, 1.82) is 0 Å². The Bertz CT molecular complexity index is 1560. The Labute approximate surface area is 249 Å². The molecule has 0 aliphatic carbocycles. The number of aromatic nitrogens is 1. The summed E-state index contributed by atoms with van der Waals surface area (Å²) in [5.74, 6) is -2.60. The van der Waals surface area contributed by atoms with Crippen molar-refractivity contribution in [2.45, 2.75) is 26.7 Å². The fourth-order valence-electron chi connectivity index (χ4n) is 5.43. The molecule has 0 bridgehead atoms. The van der Waals surface area contributed by atoms with Gasteiger partial charge in [-0.15, -0.1) is 0 Å². The number of phenolic OH excluding ortho intramolecular Hbond substituents is 1. The van der Waals surface area contributed by atoms with Gasteiger partial charge in [-0.05, 0) is 48.7 Å². The van der Waals surface area contributed by atoms with Crippen LogP contribution in [0.3, 0.4) is 0 Å². The fraction of sp³-hybridized carbons (Fsp3) is 0.312. The number of halogens is 2. The summed E-state index contributed by atoms with van der Waals surface area (Å²) >= 11 is 0. The van der Waals surface area contributed by atoms with Crippen LogP contribution in [0.1, 0.15) is 36.6 Å². The van der Waals surface area contributed by atoms with Gasteiger partial charge in [-0.3, -0.25) is 14.6 Å². The van der Waals surface area contributed by atoms with E-state index in [2.05, 4.69) is 16.6 Å². The van der Waals surface area contributed by atoms with Crippen molar-refractivity contribution in [3.05, 3.63) is 77.6 Å². The summed E-state index contributed by atoms with van der Waals surface area (Å²) in [5, 5.41) is 10.6. The van der Waals surface area contributed by atoms with Gasteiger partial charge in [0, 0.05) is 45.0 Å². The molecule has 1 saturated heterocycles. The Balaban J connectivity index is 2.04. The van der Waals surface area contributed by atoms with E-state index in [4.69, 9.17) is 4.74 Å². The van der Waals surface area contributed by atoms with Crippen molar-refractivity contribution >= 4 is 29.5 Å². The Morgan fingerprint density at radius 3 is 2.44 bits per heavy atom. The van der Waals surface area contributed by atoms with Crippen molar-refractivity contribution in [3.63, 3.8) is 0 Å². The van der Waals surface area contributed by atoms with Crippen LogP contribution in [0, 0.1) is 18.6 Å². The van der Waals surface area contributed by atoms with Crippen LogP contribution in [0.5, 0.6) is 11.5 Å². The van der Waals surface area contributed by atoms with Gasteiger partial charge in [0.1, 0.15) is 17.4 Å². The van der Waals surface area contributed by atoms with E-state index >= 15 is 8.78 Å². The number of amides is 2. The molecule has 4 rings (SSSR count). The van der Waals surface area contributed by atoms with Gasteiger partial charge in [0.25, 0.3) is 0 Å². The van der Waals surface area contributed by atoms with E-state index in [0.717, 1.165) is 23.0 Å². The largest absolute Gasteiger partial charge is 0.507 e. The number of nitrogens with zero attached hydrogens (tertiary/aromatic N) is 5. The monoisotopic (exact) mass is 591 g/mol. The molecule has 0 unspecified atom stereocenters. The first-order valence-corrected chi connectivity index (χ1v) is 13.8. The zero-order chi connectivity index (χ0) is 31.4. The van der Waals surface area contributed by atoms with Gasteiger partial charge in [0.05, 0.1) is 35.3 Å². The van der Waals surface area contributed by atoms with E-state index in [1.165, 1.54) is 31.4 Å². The first-order valence-electron chi connectivity index (χ1n) is 13.8. The molecular weight excluding hydrogens is 556 g/mol. The molecule has 2 aromatic carbocycles. The molecule has 1 aliphatic heterocycles. The third-order valence-corrected chi connectivity index (χ3v) is 7.53. The topological polar surface area (TPSA) is 98.6 Å². The van der Waals surface area contributed by atoms with Crippen LogP contribution in [0.15, 0.2) is 54.2 Å². The number of methoxy groups -OCH3 is 1. The van der Waals surface area contributed by atoms with Gasteiger partial charge in [0.2, 0.25) is 12.3 Å². The standard InChI is InChI=1S/C32H35F2N5O4/c1-7-25(42)38-13-15-39(16-14-38)32(36-18-40)27-23(37(5)30-20(4)11-12-35-29(30)19(2)3)17-21(28(34)31(27)43-6)26-22(33)9-8-10-24(26)41/h7-12,17-19,41H,1,13-16H2,2-6H3. The second-order valence-corrected chi connectivity index (χ2v) is 10.4. The number of piperazine rings is 1. The van der Waals surface area contributed by atoms with Gasteiger partial charge in [-0.25, -0.2) is 8.78 Å². The number of aliphatic imine (C=N–C) groups is 1. The summed E-state index contributed by atoms with van der Waals surface area (Å²) in [4.78, 5) is 38.0. The molecule has 0 saturated carbocycles. The maximum Gasteiger partial charge on any atom is 0.246 e. The maximum absolute atomic E-state index is 16.4. The molecule has 0 radical (unpaired) electrons. The summed E-state index contributed by atoms with van der Waals surface area (Å²) in [6.45, 7) is 10.7. The maximum atomic E-state index is 16.4. The number of rotatable bonds is 8. The number of hydrogen-bond acceptors (Lipinski definition) is 6. The van der Waals surface area contributed by atoms with E-state index in [0.29, 0.717) is 38.3 Å². The van der Waals surface area contributed by atoms with Crippen molar-refractivity contribution in [1.82, 2.24) is 14.8 Å². The van der Waals surface area contributed by atoms with Crippen LogP contribution >= 0.6 is 0 Å². The molecule has 0 spiro atoms. The van der Waals surface area contributed by atoms with E-state index in [-0.39, 0.29) is 40.1 Å². The van der Waals surface area contributed by atoms with Crippen LogP contribution in [-0.2, 0) is 9.59 Å². The predicted molar refractivity (Wildman–Crippen MR) is 162 cm³/mol. The minimum atomic E-state index is -0.943. The average Bonchev–Trinajstić information content (AvgIpc) is 2.99. The van der Waals surface area contributed by atoms with E-state index in [9.17, 15) is 14.7 Å². The molecular formula is C32H35F2N5O4. The molecule has 1 aliphatic rings. The Morgan fingerprint density at radius 1 is 1.19 bits per heavy atom. The lowest BCUT2D eigenvalue weighted by atomic mass is 9.96. The normalized spacial score (nSPS) is 13.7. The van der Waals surface area contributed by atoms with Crippen molar-refractivity contribution in [3.8, 4) is 22.6 Å². The second-order valence-electron chi connectivity index (χ2n) is 10.4. The van der Waals surface area contributed by atoms with Crippen LogP contribution in [-0.4, -0.2) is 78.4 Å². The first-order chi connectivity index (χ1) is 20.5. The highest BCUT2D eigenvalue weighted by Gasteiger charge is 2.33. The molecule has 226 valence electrons. The van der Waals surface area contributed by atoms with Crippen molar-refractivity contribution in [2.75, 3.05) is 45.2 Å². The Kier molecular flexibility index (Phi) is 9.43. The lowest BCUT2D eigenvalue weighted by Crippen LogP contribution is -2.50. The number of hydrogen-bond donors (Lipinski definition) is 1. The number of aryl methyl sites for hydroxylation is 1. The number of ether oxygens (including phenoxy) is 1.